The smallest absolute Gasteiger partial charge is 0.208 e. The van der Waals surface area contributed by atoms with Crippen LogP contribution in [0.5, 0.6) is 0 Å². The monoisotopic (exact) mass is 700 g/mol. The number of aromatic nitrogens is 4. The number of aliphatic hydroxyl groups is 3. The summed E-state index contributed by atoms with van der Waals surface area (Å²) in [6.45, 7) is -1.17. The normalized spacial score (nSPS) is 12.8. The summed E-state index contributed by atoms with van der Waals surface area (Å²) in [6.07, 6.45) is 6.73. The van der Waals surface area contributed by atoms with E-state index in [9.17, 15) is 15.3 Å². The minimum absolute atomic E-state index is 0.583. The lowest BCUT2D eigenvalue weighted by Crippen LogP contribution is -2.55. The molecule has 0 aliphatic rings. The minimum atomic E-state index is -1.57. The summed E-state index contributed by atoms with van der Waals surface area (Å²) < 4.78 is 5.11. The molecular weight excluding hydrogens is 677 g/mol. The first kappa shape index (κ1) is 33.1. The van der Waals surface area contributed by atoms with Crippen LogP contribution in [0, 0.1) is 5.41 Å². The van der Waals surface area contributed by atoms with Crippen LogP contribution in [0.3, 0.4) is 0 Å². The number of rotatable bonds is 17. The highest BCUT2D eigenvalue weighted by Gasteiger charge is 2.60. The molecule has 4 rings (SSSR count). The first-order valence-corrected chi connectivity index (χ1v) is 20.3. The quantitative estimate of drug-likeness (QED) is 0.0584. The highest BCUT2D eigenvalue weighted by molar-refractivity contribution is 8.86. The van der Waals surface area contributed by atoms with Gasteiger partial charge in [-0.1, -0.05) is 35.1 Å². The van der Waals surface area contributed by atoms with E-state index in [0.29, 0.717) is 15.1 Å². The molecular formula is C25H24N4O4S8. The van der Waals surface area contributed by atoms with Crippen molar-refractivity contribution >= 4 is 86.6 Å². The summed E-state index contributed by atoms with van der Waals surface area (Å²) >= 11 is 1.06. The third-order valence-electron chi connectivity index (χ3n) is 5.16. The van der Waals surface area contributed by atoms with Crippen molar-refractivity contribution in [3.8, 4) is 0 Å². The highest BCUT2D eigenvalue weighted by atomic mass is 33.1. The Bertz CT molecular complexity index is 1240. The van der Waals surface area contributed by atoms with Crippen LogP contribution >= 0.6 is 86.6 Å². The second kappa shape index (κ2) is 17.5. The molecule has 1 unspecified atom stereocenters. The Kier molecular flexibility index (Phi) is 14.2. The van der Waals surface area contributed by atoms with Crippen LogP contribution < -0.4 is 0 Å². The molecule has 41 heavy (non-hydrogen) atoms. The zero-order chi connectivity index (χ0) is 28.8. The van der Waals surface area contributed by atoms with Crippen molar-refractivity contribution in [2.75, 3.05) is 13.2 Å². The van der Waals surface area contributed by atoms with Crippen LogP contribution in [0.15, 0.2) is 118 Å². The van der Waals surface area contributed by atoms with Crippen molar-refractivity contribution in [1.29, 1.82) is 0 Å². The maximum atomic E-state index is 11.7. The van der Waals surface area contributed by atoms with E-state index in [4.69, 9.17) is 4.18 Å². The summed E-state index contributed by atoms with van der Waals surface area (Å²) in [6, 6.07) is 22.2. The van der Waals surface area contributed by atoms with Crippen LogP contribution in [0.4, 0.5) is 0 Å². The molecule has 1 atom stereocenters. The van der Waals surface area contributed by atoms with Gasteiger partial charge in [-0.25, -0.2) is 19.9 Å². The second-order valence-electron chi connectivity index (χ2n) is 7.80. The fourth-order valence-corrected chi connectivity index (χ4v) is 14.3. The first-order valence-electron chi connectivity index (χ1n) is 11.7. The third-order valence-corrected chi connectivity index (χ3v) is 16.1. The van der Waals surface area contributed by atoms with E-state index in [1.807, 2.05) is 72.8 Å². The van der Waals surface area contributed by atoms with Gasteiger partial charge in [0.1, 0.15) is 31.0 Å². The molecule has 16 heteroatoms. The van der Waals surface area contributed by atoms with E-state index in [1.165, 1.54) is 64.8 Å². The van der Waals surface area contributed by atoms with Crippen molar-refractivity contribution in [1.82, 2.24) is 19.9 Å². The number of hydrogen-bond acceptors (Lipinski definition) is 16. The summed E-state index contributed by atoms with van der Waals surface area (Å²) in [5.74, 6) is 0. The highest BCUT2D eigenvalue weighted by Crippen LogP contribution is 2.65. The van der Waals surface area contributed by atoms with Gasteiger partial charge < -0.3 is 15.3 Å². The predicted molar refractivity (Wildman–Crippen MR) is 177 cm³/mol. The van der Waals surface area contributed by atoms with Gasteiger partial charge in [-0.3, -0.25) is 4.18 Å². The first-order chi connectivity index (χ1) is 20.1. The molecule has 0 saturated heterocycles. The van der Waals surface area contributed by atoms with Gasteiger partial charge in [0.15, 0.2) is 0 Å². The molecule has 4 aromatic rings. The zero-order valence-corrected chi connectivity index (χ0v) is 27.6. The van der Waals surface area contributed by atoms with Crippen molar-refractivity contribution in [2.24, 2.45) is 5.41 Å². The van der Waals surface area contributed by atoms with Crippen molar-refractivity contribution in [3.63, 3.8) is 0 Å². The number of aliphatic hydroxyl groups excluding tert-OH is 3. The average molecular weight is 701 g/mol. The third kappa shape index (κ3) is 9.36. The van der Waals surface area contributed by atoms with Crippen molar-refractivity contribution in [3.05, 3.63) is 97.6 Å². The van der Waals surface area contributed by atoms with Crippen molar-refractivity contribution < 1.29 is 19.5 Å². The van der Waals surface area contributed by atoms with E-state index >= 15 is 0 Å². The van der Waals surface area contributed by atoms with Crippen LogP contribution in [0.25, 0.3) is 0 Å². The van der Waals surface area contributed by atoms with Gasteiger partial charge in [0.05, 0.1) is 24.3 Å². The molecule has 3 N–H and O–H groups in total. The molecule has 0 aliphatic carbocycles. The van der Waals surface area contributed by atoms with Gasteiger partial charge in [0.2, 0.25) is 4.27 Å². The van der Waals surface area contributed by atoms with Crippen molar-refractivity contribution in [2.45, 2.75) is 29.8 Å². The number of hydrogen-bond donors (Lipinski definition) is 3. The lowest BCUT2D eigenvalue weighted by molar-refractivity contribution is -0.0591. The molecule has 216 valence electrons. The van der Waals surface area contributed by atoms with E-state index in [1.54, 1.807) is 24.8 Å². The molecule has 8 nitrogen and oxygen atoms in total. The van der Waals surface area contributed by atoms with Crippen LogP contribution in [0.2, 0.25) is 0 Å². The lowest BCUT2D eigenvalue weighted by Gasteiger charge is -2.47. The SMILES string of the molecule is OCC(CO)(C(O)SSc1ccccn1)C(OSSc1ccccn1)(SSc1ccccn1)SSc1ccccn1. The molecule has 0 bridgehead atoms. The molecule has 0 spiro atoms. The molecule has 4 aromatic heterocycles. The maximum Gasteiger partial charge on any atom is 0.208 e. The molecule has 0 saturated carbocycles. The van der Waals surface area contributed by atoms with E-state index in [-0.39, 0.29) is 0 Å². The summed E-state index contributed by atoms with van der Waals surface area (Å²) in [5.41, 5.74) is -2.85. The van der Waals surface area contributed by atoms with Gasteiger partial charge in [0.25, 0.3) is 0 Å². The molecule has 0 aliphatic heterocycles. The molecule has 0 aromatic carbocycles. The largest absolute Gasteiger partial charge is 0.395 e. The van der Waals surface area contributed by atoms with Gasteiger partial charge in [-0.15, -0.1) is 0 Å². The fourth-order valence-electron chi connectivity index (χ4n) is 2.91. The Labute approximate surface area is 270 Å². The number of nitrogens with zero attached hydrogens (tertiary/aromatic N) is 4. The van der Waals surface area contributed by atoms with Crippen LogP contribution in [0.1, 0.15) is 0 Å². The summed E-state index contributed by atoms with van der Waals surface area (Å²) in [5, 5.41) is 36.4. The second-order valence-corrected chi connectivity index (χ2v) is 16.8. The van der Waals surface area contributed by atoms with Gasteiger partial charge in [-0.05, 0) is 113 Å². The molecule has 0 radical (unpaired) electrons. The molecule has 0 fully saturated rings. The minimum Gasteiger partial charge on any atom is -0.395 e. The van der Waals surface area contributed by atoms with Crippen LogP contribution in [-0.2, 0) is 4.18 Å². The summed E-state index contributed by atoms with van der Waals surface area (Å²) in [4.78, 5) is 17.5. The Hall–Kier alpha value is -0.760. The number of pyridine rings is 4. The van der Waals surface area contributed by atoms with E-state index in [2.05, 4.69) is 19.9 Å². The van der Waals surface area contributed by atoms with Gasteiger partial charge in [-0.2, -0.15) is 0 Å². The Morgan fingerprint density at radius 2 is 1.02 bits per heavy atom. The van der Waals surface area contributed by atoms with Crippen LogP contribution in [-0.4, -0.2) is 58.2 Å². The van der Waals surface area contributed by atoms with E-state index < -0.39 is 28.3 Å². The zero-order valence-electron chi connectivity index (χ0n) is 21.0. The predicted octanol–water partition coefficient (Wildman–Crippen LogP) is 7.20. The average Bonchev–Trinajstić information content (AvgIpc) is 3.04. The standard InChI is InChI=1S/C25H24N4O4S8/c30-17-24(18-31,23(32)38-34-19-9-1-5-13-26-19)25(39-35-20-10-2-6-14-27-20,40-36-21-11-3-7-15-28-21)33-41-37-22-12-4-8-16-29-22/h1-16,23,30-32H,17-18H2. The van der Waals surface area contributed by atoms with Gasteiger partial charge in [0, 0.05) is 24.8 Å². The maximum absolute atomic E-state index is 11.7. The molecule has 4 heterocycles. The Balaban J connectivity index is 1.69. The topological polar surface area (TPSA) is 121 Å². The molecule has 0 amide bonds. The fraction of sp³-hybridized carbons (Fsp3) is 0.200. The van der Waals surface area contributed by atoms with E-state index in [0.717, 1.165) is 26.9 Å². The Morgan fingerprint density at radius 3 is 1.41 bits per heavy atom. The summed E-state index contributed by atoms with van der Waals surface area (Å²) in [7, 11) is 8.79. The Morgan fingerprint density at radius 1 is 0.610 bits per heavy atom. The lowest BCUT2D eigenvalue weighted by atomic mass is 9.91. The van der Waals surface area contributed by atoms with Gasteiger partial charge >= 0.3 is 0 Å².